The summed E-state index contributed by atoms with van der Waals surface area (Å²) in [7, 11) is 3.05. The number of nitrogens with zero attached hydrogens (tertiary/aromatic N) is 3. The maximum absolute atomic E-state index is 14.0. The summed E-state index contributed by atoms with van der Waals surface area (Å²) >= 11 is 0. The highest BCUT2D eigenvalue weighted by molar-refractivity contribution is 5.91. The van der Waals surface area contributed by atoms with Gasteiger partial charge in [0.2, 0.25) is 5.91 Å². The second-order valence-corrected chi connectivity index (χ2v) is 9.55. The van der Waals surface area contributed by atoms with Crippen molar-refractivity contribution in [2.45, 2.75) is 45.3 Å². The second kappa shape index (κ2) is 12.5. The average Bonchev–Trinajstić information content (AvgIpc) is 2.95. The minimum Gasteiger partial charge on any atom is -0.493 e. The van der Waals surface area contributed by atoms with Crippen LogP contribution < -0.4 is 14.4 Å². The number of fused-ring (bicyclic) bond motifs is 1. The average molecular weight is 548 g/mol. The van der Waals surface area contributed by atoms with E-state index in [4.69, 9.17) is 14.2 Å². The molecule has 40 heavy (non-hydrogen) atoms. The van der Waals surface area contributed by atoms with E-state index in [9.17, 15) is 19.7 Å². The molecule has 0 unspecified atom stereocenters. The maximum Gasteiger partial charge on any atom is 0.414 e. The quantitative estimate of drug-likeness (QED) is 0.250. The highest BCUT2D eigenvalue weighted by Gasteiger charge is 2.40. The zero-order valence-corrected chi connectivity index (χ0v) is 23.0. The predicted molar refractivity (Wildman–Crippen MR) is 150 cm³/mol. The number of rotatable bonds is 9. The largest absolute Gasteiger partial charge is 0.493 e. The fourth-order valence-electron chi connectivity index (χ4n) is 5.13. The van der Waals surface area contributed by atoms with Gasteiger partial charge in [0, 0.05) is 36.3 Å². The summed E-state index contributed by atoms with van der Waals surface area (Å²) in [4.78, 5) is 41.3. The van der Waals surface area contributed by atoms with Crippen LogP contribution in [0.5, 0.6) is 11.5 Å². The molecule has 2 atom stereocenters. The third-order valence-corrected chi connectivity index (χ3v) is 6.99. The zero-order valence-electron chi connectivity index (χ0n) is 23.0. The lowest BCUT2D eigenvalue weighted by Gasteiger charge is -2.43. The number of nitro groups is 1. The van der Waals surface area contributed by atoms with Crippen molar-refractivity contribution in [3.05, 3.63) is 93.5 Å². The van der Waals surface area contributed by atoms with E-state index in [1.165, 1.54) is 26.4 Å². The zero-order chi connectivity index (χ0) is 28.8. The van der Waals surface area contributed by atoms with Crippen LogP contribution in [0.15, 0.2) is 66.7 Å². The van der Waals surface area contributed by atoms with Crippen molar-refractivity contribution in [1.29, 1.82) is 0 Å². The number of hydrogen-bond donors (Lipinski definition) is 0. The molecule has 3 aromatic rings. The highest BCUT2D eigenvalue weighted by atomic mass is 16.6. The Labute approximate surface area is 233 Å². The molecule has 0 radical (unpaired) electrons. The van der Waals surface area contributed by atoms with Gasteiger partial charge in [0.1, 0.15) is 0 Å². The van der Waals surface area contributed by atoms with Crippen LogP contribution in [0, 0.1) is 10.1 Å². The molecule has 10 nitrogen and oxygen atoms in total. The van der Waals surface area contributed by atoms with E-state index in [-0.39, 0.29) is 30.7 Å². The summed E-state index contributed by atoms with van der Waals surface area (Å²) in [6, 6.07) is 18.5. The number of nitro benzene ring substituents is 1. The first-order valence-electron chi connectivity index (χ1n) is 13.1. The SMILES string of the molecule is CCOC(=O)N1c2cc(OC)c(OC)cc2[C@H](N(Cc2ccccc2)C(=O)Cc2cccc([N+](=O)[O-])c2)C[C@@H]1C. The lowest BCUT2D eigenvalue weighted by molar-refractivity contribution is -0.384. The molecule has 2 amide bonds. The Balaban J connectivity index is 1.81. The molecular weight excluding hydrogens is 514 g/mol. The van der Waals surface area contributed by atoms with Gasteiger partial charge in [0.15, 0.2) is 11.5 Å². The van der Waals surface area contributed by atoms with E-state index in [1.54, 1.807) is 41.0 Å². The first-order valence-corrected chi connectivity index (χ1v) is 13.1. The van der Waals surface area contributed by atoms with Gasteiger partial charge in [-0.25, -0.2) is 4.79 Å². The van der Waals surface area contributed by atoms with Crippen LogP contribution in [-0.4, -0.2) is 48.7 Å². The van der Waals surface area contributed by atoms with Crippen molar-refractivity contribution in [1.82, 2.24) is 4.90 Å². The van der Waals surface area contributed by atoms with Gasteiger partial charge in [-0.05, 0) is 37.5 Å². The van der Waals surface area contributed by atoms with Crippen molar-refractivity contribution in [3.63, 3.8) is 0 Å². The Kier molecular flexibility index (Phi) is 8.88. The smallest absolute Gasteiger partial charge is 0.414 e. The van der Waals surface area contributed by atoms with Gasteiger partial charge in [0.05, 0.1) is 43.9 Å². The minimum absolute atomic E-state index is 0.0242. The van der Waals surface area contributed by atoms with Crippen LogP contribution in [0.2, 0.25) is 0 Å². The number of benzene rings is 3. The van der Waals surface area contributed by atoms with E-state index < -0.39 is 17.1 Å². The van der Waals surface area contributed by atoms with Gasteiger partial charge in [-0.3, -0.25) is 19.8 Å². The van der Waals surface area contributed by atoms with Crippen LogP contribution in [0.25, 0.3) is 0 Å². The summed E-state index contributed by atoms with van der Waals surface area (Å²) in [6.45, 7) is 4.18. The van der Waals surface area contributed by atoms with Crippen LogP contribution >= 0.6 is 0 Å². The van der Waals surface area contributed by atoms with Crippen molar-refractivity contribution < 1.29 is 28.7 Å². The first kappa shape index (κ1) is 28.4. The van der Waals surface area contributed by atoms with E-state index in [2.05, 4.69) is 0 Å². The number of hydrogen-bond acceptors (Lipinski definition) is 7. The molecule has 0 saturated carbocycles. The Morgan fingerprint density at radius 3 is 2.33 bits per heavy atom. The normalized spacial score (nSPS) is 16.1. The molecule has 0 fully saturated rings. The van der Waals surface area contributed by atoms with Crippen LogP contribution in [0.4, 0.5) is 16.2 Å². The highest BCUT2D eigenvalue weighted by Crippen LogP contribution is 2.46. The summed E-state index contributed by atoms with van der Waals surface area (Å²) in [6.07, 6.45) is -0.0715. The summed E-state index contributed by atoms with van der Waals surface area (Å²) in [5.41, 5.74) is 2.69. The predicted octanol–water partition coefficient (Wildman–Crippen LogP) is 5.68. The minimum atomic E-state index is -0.487. The summed E-state index contributed by atoms with van der Waals surface area (Å²) in [5.74, 6) is 0.711. The molecule has 0 bridgehead atoms. The van der Waals surface area contributed by atoms with Gasteiger partial charge in [-0.1, -0.05) is 42.5 Å². The second-order valence-electron chi connectivity index (χ2n) is 9.55. The summed E-state index contributed by atoms with van der Waals surface area (Å²) < 4.78 is 16.5. The van der Waals surface area contributed by atoms with E-state index in [1.807, 2.05) is 37.3 Å². The Morgan fingerprint density at radius 2 is 1.68 bits per heavy atom. The molecule has 1 heterocycles. The van der Waals surface area contributed by atoms with Gasteiger partial charge >= 0.3 is 6.09 Å². The van der Waals surface area contributed by atoms with Crippen molar-refractivity contribution in [2.24, 2.45) is 0 Å². The number of ether oxygens (including phenoxy) is 3. The molecular formula is C30H33N3O7. The van der Waals surface area contributed by atoms with Gasteiger partial charge in [-0.15, -0.1) is 0 Å². The number of amides is 2. The number of non-ortho nitro benzene ring substituents is 1. The third-order valence-electron chi connectivity index (χ3n) is 6.99. The van der Waals surface area contributed by atoms with E-state index >= 15 is 0 Å². The Hall–Kier alpha value is -4.60. The molecule has 3 aromatic carbocycles. The topological polar surface area (TPSA) is 111 Å². The molecule has 10 heteroatoms. The molecule has 4 rings (SSSR count). The van der Waals surface area contributed by atoms with Crippen molar-refractivity contribution >= 4 is 23.4 Å². The molecule has 1 aliphatic heterocycles. The number of methoxy groups -OCH3 is 2. The Morgan fingerprint density at radius 1 is 1.00 bits per heavy atom. The maximum atomic E-state index is 14.0. The summed E-state index contributed by atoms with van der Waals surface area (Å²) in [5, 5.41) is 11.3. The molecule has 0 aromatic heterocycles. The fourth-order valence-corrected chi connectivity index (χ4v) is 5.13. The van der Waals surface area contributed by atoms with Crippen LogP contribution in [0.1, 0.15) is 43.0 Å². The van der Waals surface area contributed by atoms with E-state index in [0.29, 0.717) is 41.3 Å². The third kappa shape index (κ3) is 6.01. The number of carbonyl (C=O) groups excluding carboxylic acids is 2. The van der Waals surface area contributed by atoms with Crippen molar-refractivity contribution in [3.8, 4) is 11.5 Å². The standard InChI is InChI=1S/C30H33N3O7/c1-5-40-30(35)32-20(2)14-25(24-17-27(38-3)28(39-4)18-26(24)32)31(19-21-10-7-6-8-11-21)29(34)16-22-12-9-13-23(15-22)33(36)37/h6-13,15,17-18,20,25H,5,14,16,19H2,1-4H3/t20-,25+/m0/s1. The van der Waals surface area contributed by atoms with Gasteiger partial charge < -0.3 is 19.1 Å². The first-order chi connectivity index (χ1) is 19.3. The lowest BCUT2D eigenvalue weighted by Crippen LogP contribution is -2.48. The van der Waals surface area contributed by atoms with Crippen LogP contribution in [0.3, 0.4) is 0 Å². The monoisotopic (exact) mass is 547 g/mol. The molecule has 210 valence electrons. The lowest BCUT2D eigenvalue weighted by atomic mass is 9.89. The Bertz CT molecular complexity index is 1380. The molecule has 0 N–H and O–H groups in total. The van der Waals surface area contributed by atoms with Crippen LogP contribution in [-0.2, 0) is 22.5 Å². The molecule has 0 aliphatic carbocycles. The van der Waals surface area contributed by atoms with E-state index in [0.717, 1.165) is 5.56 Å². The fraction of sp³-hybridized carbons (Fsp3) is 0.333. The molecule has 0 saturated heterocycles. The molecule has 1 aliphatic rings. The van der Waals surface area contributed by atoms with Gasteiger partial charge in [0.25, 0.3) is 5.69 Å². The number of anilines is 1. The van der Waals surface area contributed by atoms with Crippen molar-refractivity contribution in [2.75, 3.05) is 25.7 Å². The van der Waals surface area contributed by atoms with Gasteiger partial charge in [-0.2, -0.15) is 0 Å². The number of carbonyl (C=O) groups is 2. The molecule has 0 spiro atoms.